The maximum absolute atomic E-state index is 10.5. The minimum absolute atomic E-state index is 0.392. The van der Waals surface area contributed by atoms with Gasteiger partial charge in [0, 0.05) is 7.05 Å². The van der Waals surface area contributed by atoms with Crippen LogP contribution in [0.4, 0.5) is 5.82 Å². The van der Waals surface area contributed by atoms with Crippen molar-refractivity contribution in [2.24, 2.45) is 0 Å². The number of aromatic nitrogens is 4. The van der Waals surface area contributed by atoms with Gasteiger partial charge in [-0.2, -0.15) is 0 Å². The third-order valence-electron chi connectivity index (χ3n) is 3.78. The van der Waals surface area contributed by atoms with E-state index < -0.39 is 30.6 Å². The Morgan fingerprint density at radius 3 is 2.81 bits per heavy atom. The Kier molecular flexibility index (Phi) is 3.29. The fourth-order valence-electron chi connectivity index (χ4n) is 2.60. The summed E-state index contributed by atoms with van der Waals surface area (Å²) in [6, 6.07) is 0. The molecule has 0 radical (unpaired) electrons. The fraction of sp³-hybridized carbons (Fsp3) is 0.583. The molecule has 2 aromatic heterocycles. The number of anilines is 1. The Morgan fingerprint density at radius 1 is 1.43 bits per heavy atom. The van der Waals surface area contributed by atoms with Crippen molar-refractivity contribution in [2.45, 2.75) is 31.0 Å². The third-order valence-corrected chi connectivity index (χ3v) is 3.78. The molecule has 1 unspecified atom stereocenters. The molecule has 1 fully saturated rings. The molecule has 114 valence electrons. The highest BCUT2D eigenvalue weighted by Gasteiger charge is 2.53. The van der Waals surface area contributed by atoms with Gasteiger partial charge in [0.2, 0.25) is 0 Å². The third kappa shape index (κ3) is 1.97. The van der Waals surface area contributed by atoms with Gasteiger partial charge in [0.05, 0.1) is 12.9 Å². The van der Waals surface area contributed by atoms with Crippen LogP contribution in [0.1, 0.15) is 13.2 Å². The quantitative estimate of drug-likeness (QED) is 0.560. The average Bonchev–Trinajstić information content (AvgIpc) is 2.99. The number of fused-ring (bicyclic) bond motifs is 1. The van der Waals surface area contributed by atoms with E-state index in [9.17, 15) is 15.3 Å². The lowest BCUT2D eigenvalue weighted by atomic mass is 9.96. The van der Waals surface area contributed by atoms with E-state index in [1.165, 1.54) is 24.1 Å². The van der Waals surface area contributed by atoms with Crippen LogP contribution >= 0.6 is 0 Å². The summed E-state index contributed by atoms with van der Waals surface area (Å²) in [5.41, 5.74) is -0.585. The first-order valence-corrected chi connectivity index (χ1v) is 6.52. The first-order chi connectivity index (χ1) is 10.0. The van der Waals surface area contributed by atoms with Crippen LogP contribution in [0.5, 0.6) is 0 Å². The molecule has 0 saturated carbocycles. The molecule has 1 aliphatic rings. The predicted octanol–water partition coefficient (Wildman–Crippen LogP) is -1.13. The highest BCUT2D eigenvalue weighted by Crippen LogP contribution is 2.39. The van der Waals surface area contributed by atoms with Gasteiger partial charge in [-0.15, -0.1) is 0 Å². The highest BCUT2D eigenvalue weighted by molar-refractivity contribution is 5.82. The topological polar surface area (TPSA) is 126 Å². The molecule has 9 nitrogen and oxygen atoms in total. The van der Waals surface area contributed by atoms with Crippen molar-refractivity contribution in [1.82, 2.24) is 19.5 Å². The van der Waals surface area contributed by atoms with Crippen molar-refractivity contribution in [3.05, 3.63) is 12.7 Å². The van der Waals surface area contributed by atoms with E-state index in [0.717, 1.165) is 0 Å². The summed E-state index contributed by atoms with van der Waals surface area (Å²) in [6.45, 7) is 1.06. The number of imidazole rings is 1. The van der Waals surface area contributed by atoms with Crippen LogP contribution in [0.3, 0.4) is 0 Å². The minimum Gasteiger partial charge on any atom is -0.394 e. The number of nitrogens with zero attached hydrogens (tertiary/aromatic N) is 4. The Bertz CT molecular complexity index is 658. The lowest BCUT2D eigenvalue weighted by Gasteiger charge is -2.27. The lowest BCUT2D eigenvalue weighted by Crippen LogP contribution is -2.44. The number of hydrogen-bond acceptors (Lipinski definition) is 8. The zero-order valence-electron chi connectivity index (χ0n) is 11.6. The predicted molar refractivity (Wildman–Crippen MR) is 72.5 cm³/mol. The van der Waals surface area contributed by atoms with Crippen LogP contribution < -0.4 is 5.32 Å². The molecule has 2 aromatic rings. The maximum Gasteiger partial charge on any atom is 0.168 e. The lowest BCUT2D eigenvalue weighted by molar-refractivity contribution is -0.0950. The van der Waals surface area contributed by atoms with Gasteiger partial charge in [0.15, 0.2) is 17.7 Å². The van der Waals surface area contributed by atoms with Crippen molar-refractivity contribution in [3.63, 3.8) is 0 Å². The average molecular weight is 295 g/mol. The van der Waals surface area contributed by atoms with Gasteiger partial charge in [0.25, 0.3) is 0 Å². The molecule has 3 heterocycles. The van der Waals surface area contributed by atoms with Crippen LogP contribution in [-0.4, -0.2) is 66.3 Å². The second kappa shape index (κ2) is 4.88. The summed E-state index contributed by atoms with van der Waals surface area (Å²) in [5.74, 6) is 0.552. The van der Waals surface area contributed by atoms with Crippen LogP contribution in [0.15, 0.2) is 12.7 Å². The second-order valence-corrected chi connectivity index (χ2v) is 5.18. The van der Waals surface area contributed by atoms with Crippen LogP contribution in [0.2, 0.25) is 0 Å². The molecule has 0 aliphatic carbocycles. The van der Waals surface area contributed by atoms with Crippen LogP contribution in [-0.2, 0) is 4.74 Å². The van der Waals surface area contributed by atoms with Gasteiger partial charge < -0.3 is 25.4 Å². The first kappa shape index (κ1) is 14.1. The molecule has 0 spiro atoms. The van der Waals surface area contributed by atoms with Gasteiger partial charge in [-0.25, -0.2) is 15.0 Å². The van der Waals surface area contributed by atoms with Crippen LogP contribution in [0, 0.1) is 0 Å². The zero-order valence-corrected chi connectivity index (χ0v) is 11.6. The monoisotopic (exact) mass is 295 g/mol. The van der Waals surface area contributed by atoms with E-state index in [2.05, 4.69) is 20.3 Å². The normalized spacial score (nSPS) is 32.7. The van der Waals surface area contributed by atoms with E-state index in [0.29, 0.717) is 17.0 Å². The Hall–Kier alpha value is -1.81. The summed E-state index contributed by atoms with van der Waals surface area (Å²) in [7, 11) is 1.72. The summed E-state index contributed by atoms with van der Waals surface area (Å²) in [6.07, 6.45) is -0.153. The molecular formula is C12H17N5O4. The van der Waals surface area contributed by atoms with E-state index in [1.807, 2.05) is 0 Å². The van der Waals surface area contributed by atoms with Gasteiger partial charge in [-0.3, -0.25) is 4.57 Å². The number of ether oxygens (including phenoxy) is 1. The molecule has 1 aliphatic heterocycles. The minimum atomic E-state index is -1.58. The number of aliphatic hydroxyl groups is 3. The van der Waals surface area contributed by atoms with Gasteiger partial charge >= 0.3 is 0 Å². The molecule has 4 atom stereocenters. The summed E-state index contributed by atoms with van der Waals surface area (Å²) >= 11 is 0. The van der Waals surface area contributed by atoms with Gasteiger partial charge in [-0.1, -0.05) is 0 Å². The summed E-state index contributed by atoms with van der Waals surface area (Å²) in [5, 5.41) is 32.7. The Balaban J connectivity index is 2.09. The highest BCUT2D eigenvalue weighted by atomic mass is 16.6. The molecule has 0 bridgehead atoms. The maximum atomic E-state index is 10.5. The van der Waals surface area contributed by atoms with Crippen LogP contribution in [0.25, 0.3) is 11.2 Å². The number of nitrogens with one attached hydrogen (secondary N) is 1. The molecule has 3 rings (SSSR count). The van der Waals surface area contributed by atoms with Crippen molar-refractivity contribution < 1.29 is 20.1 Å². The van der Waals surface area contributed by atoms with E-state index in [1.54, 1.807) is 7.05 Å². The Labute approximate surface area is 120 Å². The second-order valence-electron chi connectivity index (χ2n) is 5.18. The van der Waals surface area contributed by atoms with Gasteiger partial charge in [-0.05, 0) is 6.92 Å². The molecule has 0 amide bonds. The van der Waals surface area contributed by atoms with E-state index >= 15 is 0 Å². The molecule has 9 heteroatoms. The molecule has 21 heavy (non-hydrogen) atoms. The van der Waals surface area contributed by atoms with E-state index in [4.69, 9.17) is 4.74 Å². The first-order valence-electron chi connectivity index (χ1n) is 6.52. The molecule has 1 saturated heterocycles. The molecule has 0 aromatic carbocycles. The largest absolute Gasteiger partial charge is 0.394 e. The van der Waals surface area contributed by atoms with Crippen molar-refractivity contribution in [3.8, 4) is 0 Å². The molecule has 4 N–H and O–H groups in total. The standard InChI is InChI=1S/C12H17N5O4/c1-12(20)8(19)6(3-18)21-11(12)17-5-16-7-9(13-2)14-4-15-10(7)17/h4-6,8,11,18-20H,3H2,1-2H3,(H,13,14,15)/t6-,8?,11-,12+/m1/s1. The number of rotatable bonds is 3. The van der Waals surface area contributed by atoms with Crippen molar-refractivity contribution in [1.29, 1.82) is 0 Å². The van der Waals surface area contributed by atoms with Crippen molar-refractivity contribution in [2.75, 3.05) is 19.0 Å². The number of hydrogen-bond donors (Lipinski definition) is 4. The summed E-state index contributed by atoms with van der Waals surface area (Å²) < 4.78 is 7.08. The smallest absolute Gasteiger partial charge is 0.168 e. The zero-order chi connectivity index (χ0) is 15.2. The fourth-order valence-corrected chi connectivity index (χ4v) is 2.60. The Morgan fingerprint density at radius 2 is 2.19 bits per heavy atom. The summed E-state index contributed by atoms with van der Waals surface area (Å²) in [4.78, 5) is 12.4. The molecular weight excluding hydrogens is 278 g/mol. The SMILES string of the molecule is CNc1ncnc2c1ncn2[C@@H]1O[C@H](CO)C(O)[C@]1(C)O. The van der Waals surface area contributed by atoms with E-state index in [-0.39, 0.29) is 0 Å². The van der Waals surface area contributed by atoms with Crippen molar-refractivity contribution >= 4 is 17.0 Å². The van der Waals surface area contributed by atoms with Gasteiger partial charge in [0.1, 0.15) is 29.7 Å². The number of aliphatic hydroxyl groups excluding tert-OH is 2.